The number of nitrogens with zero attached hydrogens (tertiary/aromatic N) is 1. The molecule has 0 saturated carbocycles. The van der Waals surface area contributed by atoms with E-state index in [9.17, 15) is 4.79 Å². The third kappa shape index (κ3) is 4.60. The number of nitrogens with one attached hydrogen (secondary N) is 2. The zero-order valence-corrected chi connectivity index (χ0v) is 14.2. The van der Waals surface area contributed by atoms with Gasteiger partial charge >= 0.3 is 0 Å². The smallest absolute Gasteiger partial charge is 0.238 e. The molecule has 0 spiro atoms. The lowest BCUT2D eigenvalue weighted by molar-refractivity contribution is -0.117. The van der Waals surface area contributed by atoms with Crippen LogP contribution in [0.1, 0.15) is 13.3 Å². The van der Waals surface area contributed by atoms with Gasteiger partial charge in [-0.2, -0.15) is 0 Å². The van der Waals surface area contributed by atoms with Crippen LogP contribution in [0.15, 0.2) is 18.2 Å². The standard InChI is InChI=1S/C16H24ClN3O2/c1-16(6-7-18-10-16)11-20(2)9-15(21)19-13-8-12(17)4-5-14(13)22-3/h4-5,8,18H,6-7,9-11H2,1-3H3,(H,19,21). The summed E-state index contributed by atoms with van der Waals surface area (Å²) in [6.07, 6.45) is 1.14. The summed E-state index contributed by atoms with van der Waals surface area (Å²) in [4.78, 5) is 14.3. The van der Waals surface area contributed by atoms with Crippen LogP contribution >= 0.6 is 11.6 Å². The van der Waals surface area contributed by atoms with Crippen molar-refractivity contribution in [2.75, 3.05) is 45.7 Å². The molecule has 6 heteroatoms. The molecule has 5 nitrogen and oxygen atoms in total. The summed E-state index contributed by atoms with van der Waals surface area (Å²) in [5, 5.41) is 6.80. The number of anilines is 1. The Hall–Kier alpha value is -1.30. The zero-order valence-electron chi connectivity index (χ0n) is 13.4. The largest absolute Gasteiger partial charge is 0.495 e. The molecule has 1 aliphatic rings. The second-order valence-corrected chi connectivity index (χ2v) is 6.74. The molecule has 1 amide bonds. The van der Waals surface area contributed by atoms with Crippen LogP contribution in [0.4, 0.5) is 5.69 Å². The normalized spacial score (nSPS) is 21.1. The first-order valence-corrected chi connectivity index (χ1v) is 7.82. The number of amides is 1. The van der Waals surface area contributed by atoms with E-state index in [0.717, 1.165) is 26.1 Å². The van der Waals surface area contributed by atoms with Gasteiger partial charge in [-0.05, 0) is 43.6 Å². The number of likely N-dealkylation sites (N-methyl/N-ethyl adjacent to an activating group) is 1. The van der Waals surface area contributed by atoms with Crippen molar-refractivity contribution in [2.24, 2.45) is 5.41 Å². The Labute approximate surface area is 137 Å². The SMILES string of the molecule is COc1ccc(Cl)cc1NC(=O)CN(C)CC1(C)CCNC1. The van der Waals surface area contributed by atoms with Gasteiger partial charge < -0.3 is 15.4 Å². The minimum absolute atomic E-state index is 0.0716. The van der Waals surface area contributed by atoms with Gasteiger partial charge in [0.1, 0.15) is 5.75 Å². The van der Waals surface area contributed by atoms with Crippen LogP contribution in [0, 0.1) is 5.41 Å². The van der Waals surface area contributed by atoms with Crippen molar-refractivity contribution >= 4 is 23.2 Å². The number of carbonyl (C=O) groups is 1. The van der Waals surface area contributed by atoms with Gasteiger partial charge in [-0.3, -0.25) is 9.69 Å². The van der Waals surface area contributed by atoms with E-state index < -0.39 is 0 Å². The van der Waals surface area contributed by atoms with E-state index in [1.54, 1.807) is 25.3 Å². The van der Waals surface area contributed by atoms with Crippen molar-refractivity contribution in [2.45, 2.75) is 13.3 Å². The van der Waals surface area contributed by atoms with E-state index in [0.29, 0.717) is 23.0 Å². The summed E-state index contributed by atoms with van der Waals surface area (Å²) in [5.74, 6) is 0.532. The van der Waals surface area contributed by atoms with Crippen molar-refractivity contribution in [3.8, 4) is 5.75 Å². The molecule has 1 atom stereocenters. The summed E-state index contributed by atoms with van der Waals surface area (Å²) >= 11 is 5.97. The summed E-state index contributed by atoms with van der Waals surface area (Å²) < 4.78 is 5.23. The van der Waals surface area contributed by atoms with Crippen molar-refractivity contribution < 1.29 is 9.53 Å². The molecule has 1 fully saturated rings. The molecule has 2 rings (SSSR count). The Morgan fingerprint density at radius 3 is 2.95 bits per heavy atom. The first-order valence-electron chi connectivity index (χ1n) is 7.44. The van der Waals surface area contributed by atoms with E-state index >= 15 is 0 Å². The van der Waals surface area contributed by atoms with E-state index in [-0.39, 0.29) is 11.3 Å². The first-order chi connectivity index (χ1) is 10.4. The number of methoxy groups -OCH3 is 1. The van der Waals surface area contributed by atoms with Gasteiger partial charge in [-0.15, -0.1) is 0 Å². The Bertz CT molecular complexity index is 530. The number of halogens is 1. The van der Waals surface area contributed by atoms with Crippen LogP contribution in [0.2, 0.25) is 5.02 Å². The Morgan fingerprint density at radius 2 is 2.32 bits per heavy atom. The molecular weight excluding hydrogens is 302 g/mol. The van der Waals surface area contributed by atoms with Crippen molar-refractivity contribution in [1.82, 2.24) is 10.2 Å². The maximum absolute atomic E-state index is 12.2. The van der Waals surface area contributed by atoms with Crippen LogP contribution in [0.5, 0.6) is 5.75 Å². The average Bonchev–Trinajstić information content (AvgIpc) is 2.84. The fourth-order valence-electron chi connectivity index (χ4n) is 2.92. The molecule has 1 heterocycles. The third-order valence-electron chi connectivity index (χ3n) is 3.96. The van der Waals surface area contributed by atoms with Crippen LogP contribution in [-0.4, -0.2) is 51.1 Å². The highest BCUT2D eigenvalue weighted by atomic mass is 35.5. The molecule has 22 heavy (non-hydrogen) atoms. The predicted molar refractivity (Wildman–Crippen MR) is 89.7 cm³/mol. The maximum Gasteiger partial charge on any atom is 0.238 e. The Kier molecular flexibility index (Phi) is 5.67. The lowest BCUT2D eigenvalue weighted by atomic mass is 9.89. The molecule has 0 aliphatic carbocycles. The summed E-state index contributed by atoms with van der Waals surface area (Å²) in [7, 11) is 3.54. The summed E-state index contributed by atoms with van der Waals surface area (Å²) in [6.45, 7) is 5.53. The summed E-state index contributed by atoms with van der Waals surface area (Å²) in [5.41, 5.74) is 0.838. The number of rotatable bonds is 6. The van der Waals surface area contributed by atoms with Crippen LogP contribution < -0.4 is 15.4 Å². The molecule has 0 aromatic heterocycles. The number of hydrogen-bond acceptors (Lipinski definition) is 4. The molecule has 122 valence electrons. The second-order valence-electron chi connectivity index (χ2n) is 6.30. The topological polar surface area (TPSA) is 53.6 Å². The minimum atomic E-state index is -0.0716. The molecule has 1 aliphatic heterocycles. The average molecular weight is 326 g/mol. The molecule has 0 radical (unpaired) electrons. The van der Waals surface area contributed by atoms with Gasteiger partial charge in [-0.25, -0.2) is 0 Å². The molecular formula is C16H24ClN3O2. The van der Waals surface area contributed by atoms with Crippen LogP contribution in [0.25, 0.3) is 0 Å². The van der Waals surface area contributed by atoms with Crippen molar-refractivity contribution in [3.05, 3.63) is 23.2 Å². The molecule has 1 aromatic rings. The highest BCUT2D eigenvalue weighted by molar-refractivity contribution is 6.31. The highest BCUT2D eigenvalue weighted by Crippen LogP contribution is 2.28. The maximum atomic E-state index is 12.2. The number of carbonyl (C=O) groups excluding carboxylic acids is 1. The monoisotopic (exact) mass is 325 g/mol. The van der Waals surface area contributed by atoms with E-state index in [1.165, 1.54) is 0 Å². The highest BCUT2D eigenvalue weighted by Gasteiger charge is 2.30. The summed E-state index contributed by atoms with van der Waals surface area (Å²) in [6, 6.07) is 5.17. The van der Waals surface area contributed by atoms with E-state index in [2.05, 4.69) is 22.5 Å². The van der Waals surface area contributed by atoms with Crippen LogP contribution in [-0.2, 0) is 4.79 Å². The van der Waals surface area contributed by atoms with Gasteiger partial charge in [0.25, 0.3) is 0 Å². The van der Waals surface area contributed by atoms with Crippen molar-refractivity contribution in [3.63, 3.8) is 0 Å². The molecule has 1 saturated heterocycles. The number of hydrogen-bond donors (Lipinski definition) is 2. The number of ether oxygens (including phenoxy) is 1. The minimum Gasteiger partial charge on any atom is -0.495 e. The lowest BCUT2D eigenvalue weighted by Gasteiger charge is -2.28. The Balaban J connectivity index is 1.91. The first kappa shape index (κ1) is 17.1. The van der Waals surface area contributed by atoms with E-state index in [1.807, 2.05) is 7.05 Å². The Morgan fingerprint density at radius 1 is 1.55 bits per heavy atom. The van der Waals surface area contributed by atoms with Crippen LogP contribution in [0.3, 0.4) is 0 Å². The van der Waals surface area contributed by atoms with Gasteiger partial charge in [0.2, 0.25) is 5.91 Å². The molecule has 0 bridgehead atoms. The quantitative estimate of drug-likeness (QED) is 0.842. The predicted octanol–water partition coefficient (Wildman–Crippen LogP) is 2.22. The third-order valence-corrected chi connectivity index (χ3v) is 4.19. The fourth-order valence-corrected chi connectivity index (χ4v) is 3.10. The van der Waals surface area contributed by atoms with Gasteiger partial charge in [0.15, 0.2) is 0 Å². The number of benzene rings is 1. The lowest BCUT2D eigenvalue weighted by Crippen LogP contribution is -2.39. The molecule has 2 N–H and O–H groups in total. The van der Waals surface area contributed by atoms with Gasteiger partial charge in [-0.1, -0.05) is 18.5 Å². The molecule has 1 unspecified atom stereocenters. The van der Waals surface area contributed by atoms with E-state index in [4.69, 9.17) is 16.3 Å². The second kappa shape index (κ2) is 7.31. The van der Waals surface area contributed by atoms with Gasteiger partial charge in [0, 0.05) is 18.1 Å². The fraction of sp³-hybridized carbons (Fsp3) is 0.562. The molecule has 1 aromatic carbocycles. The zero-order chi connectivity index (χ0) is 16.2. The van der Waals surface area contributed by atoms with Crippen molar-refractivity contribution in [1.29, 1.82) is 0 Å². The van der Waals surface area contributed by atoms with Gasteiger partial charge in [0.05, 0.1) is 19.3 Å².